The highest BCUT2D eigenvalue weighted by atomic mass is 19.1. The minimum Gasteiger partial charge on any atom is -0.497 e. The molecule has 4 rings (SSSR count). The average molecular weight is 359 g/mol. The number of hydrogen-bond acceptors (Lipinski definition) is 4. The van der Waals surface area contributed by atoms with E-state index in [-0.39, 0.29) is 5.82 Å². The van der Waals surface area contributed by atoms with Crippen molar-refractivity contribution in [2.24, 2.45) is 0 Å². The van der Waals surface area contributed by atoms with Crippen molar-refractivity contribution in [3.8, 4) is 17.0 Å². The van der Waals surface area contributed by atoms with E-state index in [1.165, 1.54) is 12.3 Å². The van der Waals surface area contributed by atoms with Crippen LogP contribution in [0.25, 0.3) is 22.0 Å². The minimum absolute atomic E-state index is 0.301. The Morgan fingerprint density at radius 2 is 1.67 bits per heavy atom. The maximum absolute atomic E-state index is 14.2. The second-order valence-electron chi connectivity index (χ2n) is 6.17. The molecule has 1 aromatic heterocycles. The number of nitrogens with zero attached hydrogens (tertiary/aromatic N) is 3. The fourth-order valence-corrected chi connectivity index (χ4v) is 3.18. The summed E-state index contributed by atoms with van der Waals surface area (Å²) in [6.07, 6.45) is 1.46. The third kappa shape index (κ3) is 3.08. The number of hydrogen-bond donors (Lipinski definition) is 0. The maximum atomic E-state index is 14.2. The number of halogens is 1. The highest BCUT2D eigenvalue weighted by Crippen LogP contribution is 2.36. The van der Waals surface area contributed by atoms with Gasteiger partial charge in [-0.1, -0.05) is 30.3 Å². The summed E-state index contributed by atoms with van der Waals surface area (Å²) in [6.45, 7) is 0. The first kappa shape index (κ1) is 17.0. The second-order valence-corrected chi connectivity index (χ2v) is 6.17. The van der Waals surface area contributed by atoms with Crippen LogP contribution in [0.4, 0.5) is 15.8 Å². The molecular weight excluding hydrogens is 341 g/mol. The van der Waals surface area contributed by atoms with Crippen molar-refractivity contribution >= 4 is 22.1 Å². The van der Waals surface area contributed by atoms with Crippen molar-refractivity contribution in [1.29, 1.82) is 0 Å². The van der Waals surface area contributed by atoms with Crippen LogP contribution in [-0.2, 0) is 0 Å². The fourth-order valence-electron chi connectivity index (χ4n) is 3.18. The Morgan fingerprint density at radius 1 is 0.889 bits per heavy atom. The molecule has 0 saturated heterocycles. The van der Waals surface area contributed by atoms with Gasteiger partial charge in [0, 0.05) is 29.1 Å². The van der Waals surface area contributed by atoms with Gasteiger partial charge in [0.05, 0.1) is 19.0 Å². The van der Waals surface area contributed by atoms with E-state index >= 15 is 0 Å². The van der Waals surface area contributed by atoms with Crippen LogP contribution in [0.1, 0.15) is 0 Å². The van der Waals surface area contributed by atoms with Crippen LogP contribution in [0.15, 0.2) is 72.9 Å². The van der Waals surface area contributed by atoms with Crippen molar-refractivity contribution in [3.05, 3.63) is 78.7 Å². The Morgan fingerprint density at radius 3 is 2.44 bits per heavy atom. The van der Waals surface area contributed by atoms with Crippen LogP contribution >= 0.6 is 0 Å². The lowest BCUT2D eigenvalue weighted by atomic mass is 10.0. The Hall–Kier alpha value is -3.47. The number of fused-ring (bicyclic) bond motifs is 1. The molecule has 0 aliphatic carbocycles. The summed E-state index contributed by atoms with van der Waals surface area (Å²) in [4.78, 5) is 2.06. The molecule has 0 bridgehead atoms. The van der Waals surface area contributed by atoms with E-state index in [0.29, 0.717) is 11.1 Å². The zero-order valence-corrected chi connectivity index (χ0v) is 15.1. The summed E-state index contributed by atoms with van der Waals surface area (Å²) in [5.41, 5.74) is 3.50. The normalized spacial score (nSPS) is 10.8. The molecule has 0 spiro atoms. The van der Waals surface area contributed by atoms with Crippen molar-refractivity contribution in [3.63, 3.8) is 0 Å². The molecule has 134 valence electrons. The van der Waals surface area contributed by atoms with E-state index in [0.717, 1.165) is 28.1 Å². The molecule has 0 amide bonds. The molecule has 0 fully saturated rings. The van der Waals surface area contributed by atoms with Crippen molar-refractivity contribution in [1.82, 2.24) is 10.2 Å². The van der Waals surface area contributed by atoms with Crippen LogP contribution in [-0.4, -0.2) is 24.4 Å². The van der Waals surface area contributed by atoms with Gasteiger partial charge in [-0.2, -0.15) is 5.10 Å². The smallest absolute Gasteiger partial charge is 0.132 e. The molecule has 4 aromatic rings. The van der Waals surface area contributed by atoms with Gasteiger partial charge in [-0.3, -0.25) is 0 Å². The number of benzene rings is 3. The number of ether oxygens (including phenoxy) is 1. The van der Waals surface area contributed by atoms with Gasteiger partial charge < -0.3 is 9.64 Å². The Kier molecular flexibility index (Phi) is 4.42. The molecule has 3 aromatic carbocycles. The SMILES string of the molecule is COc1ccc(N(C)c2ccccc2-c2nncc3c(F)cccc23)cc1. The summed E-state index contributed by atoms with van der Waals surface area (Å²) in [7, 11) is 3.63. The van der Waals surface area contributed by atoms with Crippen LogP contribution in [0.3, 0.4) is 0 Å². The van der Waals surface area contributed by atoms with Crippen LogP contribution in [0.2, 0.25) is 0 Å². The second kappa shape index (κ2) is 7.03. The van der Waals surface area contributed by atoms with E-state index < -0.39 is 0 Å². The van der Waals surface area contributed by atoms with Gasteiger partial charge in [-0.05, 0) is 36.4 Å². The van der Waals surface area contributed by atoms with Crippen molar-refractivity contribution in [2.75, 3.05) is 19.1 Å². The van der Waals surface area contributed by atoms with Gasteiger partial charge in [0.15, 0.2) is 0 Å². The molecule has 27 heavy (non-hydrogen) atoms. The number of aromatic nitrogens is 2. The van der Waals surface area contributed by atoms with Gasteiger partial charge in [0.25, 0.3) is 0 Å². The molecule has 1 heterocycles. The number of rotatable bonds is 4. The summed E-state index contributed by atoms with van der Waals surface area (Å²) in [6, 6.07) is 20.7. The predicted molar refractivity (Wildman–Crippen MR) is 106 cm³/mol. The zero-order valence-electron chi connectivity index (χ0n) is 15.1. The highest BCUT2D eigenvalue weighted by Gasteiger charge is 2.15. The molecular formula is C22H18FN3O. The molecule has 0 aliphatic rings. The van der Waals surface area contributed by atoms with Gasteiger partial charge in [-0.25, -0.2) is 4.39 Å². The fraction of sp³-hybridized carbons (Fsp3) is 0.0909. The first-order valence-electron chi connectivity index (χ1n) is 8.56. The van der Waals surface area contributed by atoms with Crippen molar-refractivity contribution in [2.45, 2.75) is 0 Å². The van der Waals surface area contributed by atoms with E-state index in [2.05, 4.69) is 15.1 Å². The number of anilines is 2. The van der Waals surface area contributed by atoms with Gasteiger partial charge in [0.2, 0.25) is 0 Å². The Labute approximate surface area is 156 Å². The third-order valence-corrected chi connectivity index (χ3v) is 4.63. The average Bonchev–Trinajstić information content (AvgIpc) is 2.73. The van der Waals surface area contributed by atoms with E-state index in [1.807, 2.05) is 61.6 Å². The molecule has 4 nitrogen and oxygen atoms in total. The number of para-hydroxylation sites is 1. The summed E-state index contributed by atoms with van der Waals surface area (Å²) in [5.74, 6) is 0.500. The minimum atomic E-state index is -0.301. The van der Waals surface area contributed by atoms with Crippen LogP contribution < -0.4 is 9.64 Å². The quantitative estimate of drug-likeness (QED) is 0.501. The number of methoxy groups -OCH3 is 1. The molecule has 5 heteroatoms. The van der Waals surface area contributed by atoms with Crippen LogP contribution in [0, 0.1) is 5.82 Å². The molecule has 0 radical (unpaired) electrons. The topological polar surface area (TPSA) is 38.2 Å². The first-order valence-corrected chi connectivity index (χ1v) is 8.56. The monoisotopic (exact) mass is 359 g/mol. The summed E-state index contributed by atoms with van der Waals surface area (Å²) >= 11 is 0. The zero-order chi connectivity index (χ0) is 18.8. The predicted octanol–water partition coefficient (Wildman–Crippen LogP) is 5.21. The van der Waals surface area contributed by atoms with E-state index in [9.17, 15) is 4.39 Å². The van der Waals surface area contributed by atoms with Gasteiger partial charge >= 0.3 is 0 Å². The lowest BCUT2D eigenvalue weighted by Crippen LogP contribution is -2.11. The van der Waals surface area contributed by atoms with Crippen molar-refractivity contribution < 1.29 is 9.13 Å². The van der Waals surface area contributed by atoms with E-state index in [1.54, 1.807) is 13.2 Å². The Bertz CT molecular complexity index is 1100. The first-order chi connectivity index (χ1) is 13.2. The summed E-state index contributed by atoms with van der Waals surface area (Å²) in [5, 5.41) is 9.54. The highest BCUT2D eigenvalue weighted by molar-refractivity contribution is 5.97. The van der Waals surface area contributed by atoms with Crippen LogP contribution in [0.5, 0.6) is 5.75 Å². The van der Waals surface area contributed by atoms with Gasteiger partial charge in [0.1, 0.15) is 17.3 Å². The maximum Gasteiger partial charge on any atom is 0.132 e. The summed E-state index contributed by atoms with van der Waals surface area (Å²) < 4.78 is 19.4. The Balaban J connectivity index is 1.86. The van der Waals surface area contributed by atoms with Gasteiger partial charge in [-0.15, -0.1) is 5.10 Å². The standard InChI is InChI=1S/C22H18FN3O/c1-26(15-10-12-16(27-2)13-11-15)21-9-4-3-6-18(21)22-17-7-5-8-20(23)19(17)14-24-25-22/h3-14H,1-2H3. The largest absolute Gasteiger partial charge is 0.497 e. The molecule has 0 saturated carbocycles. The molecule has 0 N–H and O–H groups in total. The molecule has 0 atom stereocenters. The lowest BCUT2D eigenvalue weighted by Gasteiger charge is -2.23. The molecule has 0 aliphatic heterocycles. The molecule has 0 unspecified atom stereocenters. The third-order valence-electron chi connectivity index (χ3n) is 4.63. The van der Waals surface area contributed by atoms with E-state index in [4.69, 9.17) is 4.74 Å². The lowest BCUT2D eigenvalue weighted by molar-refractivity contribution is 0.415.